The number of carbonyl (C=O) groups excluding carboxylic acids is 1. The number of nitrogens with one attached hydrogen (secondary N) is 3. The molecule has 0 unspecified atom stereocenters. The first-order valence-electron chi connectivity index (χ1n) is 7.29. The van der Waals surface area contributed by atoms with E-state index in [0.717, 1.165) is 5.69 Å². The first kappa shape index (κ1) is 17.0. The predicted molar refractivity (Wildman–Crippen MR) is 101 cm³/mol. The molecular formula is C17H13Cl2N5O. The summed E-state index contributed by atoms with van der Waals surface area (Å²) < 4.78 is 0. The number of urea groups is 1. The molecule has 25 heavy (non-hydrogen) atoms. The minimum Gasteiger partial charge on any atom is -0.339 e. The Morgan fingerprint density at radius 3 is 2.16 bits per heavy atom. The van der Waals surface area contributed by atoms with Crippen molar-refractivity contribution in [1.29, 1.82) is 0 Å². The second kappa shape index (κ2) is 7.83. The van der Waals surface area contributed by atoms with Crippen molar-refractivity contribution < 1.29 is 4.79 Å². The lowest BCUT2D eigenvalue weighted by atomic mass is 10.3. The van der Waals surface area contributed by atoms with E-state index in [4.69, 9.17) is 23.2 Å². The first-order valence-corrected chi connectivity index (χ1v) is 8.04. The zero-order valence-electron chi connectivity index (χ0n) is 12.8. The molecular weight excluding hydrogens is 361 g/mol. The highest BCUT2D eigenvalue weighted by molar-refractivity contribution is 6.42. The molecule has 1 aromatic heterocycles. The Bertz CT molecular complexity index is 872. The Labute approximate surface area is 154 Å². The van der Waals surface area contributed by atoms with E-state index in [1.54, 1.807) is 42.5 Å². The van der Waals surface area contributed by atoms with Crippen LogP contribution in [0.15, 0.2) is 60.7 Å². The zero-order valence-corrected chi connectivity index (χ0v) is 14.3. The highest BCUT2D eigenvalue weighted by Crippen LogP contribution is 2.26. The normalized spacial score (nSPS) is 10.2. The maximum Gasteiger partial charge on any atom is 0.324 e. The van der Waals surface area contributed by atoms with Crippen molar-refractivity contribution in [2.24, 2.45) is 0 Å². The molecule has 3 aromatic rings. The van der Waals surface area contributed by atoms with Gasteiger partial charge in [0.15, 0.2) is 11.6 Å². The minimum absolute atomic E-state index is 0.327. The van der Waals surface area contributed by atoms with Gasteiger partial charge in [0.25, 0.3) is 0 Å². The molecule has 0 aliphatic carbocycles. The van der Waals surface area contributed by atoms with Gasteiger partial charge >= 0.3 is 6.03 Å². The van der Waals surface area contributed by atoms with E-state index in [9.17, 15) is 4.79 Å². The van der Waals surface area contributed by atoms with E-state index in [2.05, 4.69) is 26.1 Å². The Morgan fingerprint density at radius 1 is 0.760 bits per heavy atom. The van der Waals surface area contributed by atoms with Gasteiger partial charge in [0.2, 0.25) is 0 Å². The number of aromatic nitrogens is 2. The molecule has 8 heteroatoms. The van der Waals surface area contributed by atoms with Gasteiger partial charge in [-0.3, -0.25) is 5.32 Å². The van der Waals surface area contributed by atoms with Crippen molar-refractivity contribution in [3.05, 3.63) is 70.7 Å². The lowest BCUT2D eigenvalue weighted by Gasteiger charge is -2.08. The van der Waals surface area contributed by atoms with Crippen LogP contribution in [-0.4, -0.2) is 16.2 Å². The van der Waals surface area contributed by atoms with Crippen molar-refractivity contribution in [2.45, 2.75) is 0 Å². The van der Waals surface area contributed by atoms with Crippen LogP contribution in [0.1, 0.15) is 0 Å². The highest BCUT2D eigenvalue weighted by Gasteiger charge is 2.05. The maximum absolute atomic E-state index is 11.9. The molecule has 3 rings (SSSR count). The quantitative estimate of drug-likeness (QED) is 0.589. The summed E-state index contributed by atoms with van der Waals surface area (Å²) in [4.78, 5) is 11.9. The molecule has 2 aromatic carbocycles. The van der Waals surface area contributed by atoms with Crippen molar-refractivity contribution >= 4 is 52.2 Å². The molecule has 0 saturated heterocycles. The van der Waals surface area contributed by atoms with Crippen LogP contribution in [0.2, 0.25) is 10.0 Å². The summed E-state index contributed by atoms with van der Waals surface area (Å²) in [6, 6.07) is 17.2. The summed E-state index contributed by atoms with van der Waals surface area (Å²) in [5.74, 6) is 0.834. The topological polar surface area (TPSA) is 78.9 Å². The molecule has 1 heterocycles. The molecule has 0 spiro atoms. The largest absolute Gasteiger partial charge is 0.339 e. The van der Waals surface area contributed by atoms with Crippen molar-refractivity contribution in [3.8, 4) is 0 Å². The zero-order chi connectivity index (χ0) is 17.6. The van der Waals surface area contributed by atoms with Gasteiger partial charge in [0, 0.05) is 11.4 Å². The van der Waals surface area contributed by atoms with Crippen LogP contribution in [0, 0.1) is 0 Å². The fourth-order valence-electron chi connectivity index (χ4n) is 1.99. The third-order valence-corrected chi connectivity index (χ3v) is 3.87. The summed E-state index contributed by atoms with van der Waals surface area (Å²) >= 11 is 11.8. The van der Waals surface area contributed by atoms with Gasteiger partial charge in [0.1, 0.15) is 0 Å². The average molecular weight is 374 g/mol. The summed E-state index contributed by atoms with van der Waals surface area (Å²) in [6.07, 6.45) is 0. The van der Waals surface area contributed by atoms with Gasteiger partial charge < -0.3 is 10.6 Å². The summed E-state index contributed by atoms with van der Waals surface area (Å²) in [5, 5.41) is 17.2. The monoisotopic (exact) mass is 373 g/mol. The van der Waals surface area contributed by atoms with Crippen LogP contribution in [0.4, 0.5) is 27.8 Å². The SMILES string of the molecule is O=C(Nc1ccccc1)Nc1ccc(Nc2ccc(Cl)c(Cl)c2)nn1. The lowest BCUT2D eigenvalue weighted by Crippen LogP contribution is -2.20. The van der Waals surface area contributed by atoms with Gasteiger partial charge in [-0.05, 0) is 42.5 Å². The maximum atomic E-state index is 11.9. The van der Waals surface area contributed by atoms with Gasteiger partial charge in [-0.15, -0.1) is 10.2 Å². The van der Waals surface area contributed by atoms with E-state index >= 15 is 0 Å². The van der Waals surface area contributed by atoms with Gasteiger partial charge in [-0.1, -0.05) is 41.4 Å². The number of para-hydroxylation sites is 1. The van der Waals surface area contributed by atoms with Crippen LogP contribution in [-0.2, 0) is 0 Å². The molecule has 2 amide bonds. The van der Waals surface area contributed by atoms with Crippen LogP contribution in [0.25, 0.3) is 0 Å². The lowest BCUT2D eigenvalue weighted by molar-refractivity contribution is 0.262. The summed E-state index contributed by atoms with van der Waals surface area (Å²) in [7, 11) is 0. The Kier molecular flexibility index (Phi) is 5.33. The number of amides is 2. The smallest absolute Gasteiger partial charge is 0.324 e. The van der Waals surface area contributed by atoms with Crippen molar-refractivity contribution in [2.75, 3.05) is 16.0 Å². The number of nitrogens with zero attached hydrogens (tertiary/aromatic N) is 2. The number of halogens is 2. The Balaban J connectivity index is 1.60. The van der Waals surface area contributed by atoms with Gasteiger partial charge in [-0.25, -0.2) is 4.79 Å². The van der Waals surface area contributed by atoms with E-state index in [-0.39, 0.29) is 0 Å². The van der Waals surface area contributed by atoms with Gasteiger partial charge in [0.05, 0.1) is 10.0 Å². The molecule has 6 nitrogen and oxygen atoms in total. The molecule has 0 aliphatic heterocycles. The highest BCUT2D eigenvalue weighted by atomic mass is 35.5. The molecule has 3 N–H and O–H groups in total. The Morgan fingerprint density at radius 2 is 1.48 bits per heavy atom. The fourth-order valence-corrected chi connectivity index (χ4v) is 2.29. The molecule has 0 radical (unpaired) electrons. The minimum atomic E-state index is -0.398. The number of carbonyl (C=O) groups is 1. The fraction of sp³-hybridized carbons (Fsp3) is 0. The first-order chi connectivity index (χ1) is 12.1. The van der Waals surface area contributed by atoms with E-state index < -0.39 is 6.03 Å². The summed E-state index contributed by atoms with van der Waals surface area (Å²) in [6.45, 7) is 0. The van der Waals surface area contributed by atoms with Gasteiger partial charge in [-0.2, -0.15) is 0 Å². The van der Waals surface area contributed by atoms with E-state index in [1.165, 1.54) is 0 Å². The van der Waals surface area contributed by atoms with Crippen molar-refractivity contribution in [1.82, 2.24) is 10.2 Å². The third kappa shape index (κ3) is 4.82. The van der Waals surface area contributed by atoms with Crippen LogP contribution in [0.3, 0.4) is 0 Å². The molecule has 0 bridgehead atoms. The standard InChI is InChI=1S/C17H13Cl2N5O/c18-13-7-6-12(10-14(13)19)20-15-8-9-16(24-23-15)22-17(25)21-11-4-2-1-3-5-11/h1-10H,(H,20,23)(H2,21,22,24,25). The second-order valence-corrected chi connectivity index (χ2v) is 5.82. The molecule has 0 saturated carbocycles. The molecule has 0 atom stereocenters. The Hall–Kier alpha value is -2.83. The van der Waals surface area contributed by atoms with E-state index in [0.29, 0.717) is 27.4 Å². The van der Waals surface area contributed by atoms with Crippen LogP contribution < -0.4 is 16.0 Å². The molecule has 0 fully saturated rings. The van der Waals surface area contributed by atoms with E-state index in [1.807, 2.05) is 18.2 Å². The second-order valence-electron chi connectivity index (χ2n) is 5.00. The number of hydrogen-bond acceptors (Lipinski definition) is 4. The molecule has 0 aliphatic rings. The number of anilines is 4. The summed E-state index contributed by atoms with van der Waals surface area (Å²) in [5.41, 5.74) is 1.41. The van der Waals surface area contributed by atoms with Crippen LogP contribution >= 0.6 is 23.2 Å². The van der Waals surface area contributed by atoms with Crippen molar-refractivity contribution in [3.63, 3.8) is 0 Å². The molecule has 126 valence electrons. The van der Waals surface area contributed by atoms with Crippen LogP contribution in [0.5, 0.6) is 0 Å². The third-order valence-electron chi connectivity index (χ3n) is 3.13. The average Bonchev–Trinajstić information content (AvgIpc) is 2.61. The predicted octanol–water partition coefficient (Wildman–Crippen LogP) is 5.17. The number of rotatable bonds is 4. The number of hydrogen-bond donors (Lipinski definition) is 3. The number of benzene rings is 2.